The van der Waals surface area contributed by atoms with Gasteiger partial charge in [-0.25, -0.2) is 0 Å². The number of fused-ring (bicyclic) bond motifs is 2. The van der Waals surface area contributed by atoms with Crippen molar-refractivity contribution in [2.45, 2.75) is 64.9 Å². The quantitative estimate of drug-likeness (QED) is 0.506. The summed E-state index contributed by atoms with van der Waals surface area (Å²) in [5, 5.41) is 12.6. The summed E-state index contributed by atoms with van der Waals surface area (Å²) in [5.74, 6) is -1.26. The van der Waals surface area contributed by atoms with E-state index in [-0.39, 0.29) is 29.6 Å². The van der Waals surface area contributed by atoms with Crippen molar-refractivity contribution in [3.63, 3.8) is 0 Å². The van der Waals surface area contributed by atoms with E-state index >= 15 is 0 Å². The number of rotatable bonds is 1. The molecule has 2 aliphatic rings. The number of amides is 1. The van der Waals surface area contributed by atoms with E-state index in [2.05, 4.69) is 5.32 Å². The van der Waals surface area contributed by atoms with Gasteiger partial charge in [0.1, 0.15) is 0 Å². The van der Waals surface area contributed by atoms with E-state index in [0.717, 1.165) is 43.8 Å². The fourth-order valence-electron chi connectivity index (χ4n) is 3.42. The molecule has 0 aromatic heterocycles. The number of methoxy groups -OCH3 is 1. The third kappa shape index (κ3) is 6.66. The Morgan fingerprint density at radius 2 is 1.87 bits per heavy atom. The molecule has 2 rings (SSSR count). The van der Waals surface area contributed by atoms with E-state index in [1.807, 2.05) is 19.1 Å². The zero-order valence-corrected chi connectivity index (χ0v) is 18.0. The smallest absolute Gasteiger partial charge is 0.251 e. The molecule has 0 radical (unpaired) electrons. The molecule has 1 unspecified atom stereocenters. The summed E-state index contributed by atoms with van der Waals surface area (Å²) in [6.07, 6.45) is 13.3. The predicted octanol–water partition coefficient (Wildman–Crippen LogP) is 3.59. The fraction of sp³-hybridized carbons (Fsp3) is 0.458. The molecule has 1 aliphatic heterocycles. The van der Waals surface area contributed by atoms with E-state index < -0.39 is 17.5 Å². The van der Waals surface area contributed by atoms with Crippen LogP contribution in [0.5, 0.6) is 0 Å². The molecule has 0 fully saturated rings. The average molecular weight is 414 g/mol. The normalized spacial score (nSPS) is 27.4. The summed E-state index contributed by atoms with van der Waals surface area (Å²) >= 11 is 0. The summed E-state index contributed by atoms with van der Waals surface area (Å²) in [6.45, 7) is 3.54. The Morgan fingerprint density at radius 3 is 2.60 bits per heavy atom. The average Bonchev–Trinajstić information content (AvgIpc) is 2.70. The van der Waals surface area contributed by atoms with Crippen LogP contribution in [0.1, 0.15) is 58.8 Å². The summed E-state index contributed by atoms with van der Waals surface area (Å²) in [5.41, 5.74) is 1.58. The summed E-state index contributed by atoms with van der Waals surface area (Å²) in [4.78, 5) is 37.9. The van der Waals surface area contributed by atoms with Gasteiger partial charge in [0.05, 0.1) is 24.5 Å². The van der Waals surface area contributed by atoms with Crippen LogP contribution in [0.4, 0.5) is 0 Å². The number of ketones is 2. The Kier molecular flexibility index (Phi) is 8.99. The molecule has 1 amide bonds. The van der Waals surface area contributed by atoms with Crippen molar-refractivity contribution in [1.29, 1.82) is 0 Å². The molecule has 30 heavy (non-hydrogen) atoms. The molecule has 0 saturated heterocycles. The van der Waals surface area contributed by atoms with Gasteiger partial charge in [0.2, 0.25) is 11.6 Å². The minimum Gasteiger partial charge on any atom is -0.492 e. The molecule has 0 saturated carbocycles. The number of ether oxygens (including phenoxy) is 1. The first-order valence-electron chi connectivity index (χ1n) is 10.4. The van der Waals surface area contributed by atoms with Crippen LogP contribution in [0.15, 0.2) is 58.6 Å². The topological polar surface area (TPSA) is 92.7 Å². The van der Waals surface area contributed by atoms with E-state index in [0.29, 0.717) is 12.0 Å². The van der Waals surface area contributed by atoms with Crippen LogP contribution in [0.2, 0.25) is 0 Å². The monoisotopic (exact) mass is 413 g/mol. The predicted molar refractivity (Wildman–Crippen MR) is 115 cm³/mol. The number of Topliss-reactive ketones (excluding diaryl/α,β-unsaturated/α-hetero) is 1. The maximum absolute atomic E-state index is 13.0. The minimum atomic E-state index is -0.447. The van der Waals surface area contributed by atoms with Crippen molar-refractivity contribution in [2.75, 3.05) is 7.11 Å². The van der Waals surface area contributed by atoms with Gasteiger partial charge in [-0.05, 0) is 46.0 Å². The Bertz CT molecular complexity index is 842. The second-order valence-corrected chi connectivity index (χ2v) is 7.74. The van der Waals surface area contributed by atoms with Gasteiger partial charge in [0, 0.05) is 18.1 Å². The first kappa shape index (κ1) is 23.5. The molecule has 0 spiro atoms. The molecular formula is C24H31NO5. The maximum Gasteiger partial charge on any atom is 0.251 e. The molecule has 1 heterocycles. The third-order valence-electron chi connectivity index (χ3n) is 5.19. The SMILES string of the molecule is COC1=C2C/C(C)=C/CCCCC(O)CC/C=C/C=C(\C)C(=O)NC(=CC1=O)C2=O. The number of carbonyl (C=O) groups excluding carboxylic acids is 3. The van der Waals surface area contributed by atoms with Gasteiger partial charge in [0.15, 0.2) is 5.76 Å². The highest BCUT2D eigenvalue weighted by Crippen LogP contribution is 2.25. The second kappa shape index (κ2) is 11.5. The van der Waals surface area contributed by atoms with Crippen LogP contribution < -0.4 is 5.32 Å². The van der Waals surface area contributed by atoms with Gasteiger partial charge in [-0.15, -0.1) is 0 Å². The zero-order valence-electron chi connectivity index (χ0n) is 18.0. The van der Waals surface area contributed by atoms with Crippen LogP contribution in [-0.2, 0) is 19.1 Å². The lowest BCUT2D eigenvalue weighted by Gasteiger charge is -2.19. The third-order valence-corrected chi connectivity index (χ3v) is 5.19. The molecule has 6 nitrogen and oxygen atoms in total. The summed E-state index contributed by atoms with van der Waals surface area (Å²) < 4.78 is 5.19. The lowest BCUT2D eigenvalue weighted by atomic mass is 9.92. The first-order chi connectivity index (χ1) is 14.3. The highest BCUT2D eigenvalue weighted by atomic mass is 16.5. The van der Waals surface area contributed by atoms with Gasteiger partial charge in [-0.1, -0.05) is 36.3 Å². The Labute approximate surface area is 178 Å². The molecule has 162 valence electrons. The van der Waals surface area contributed by atoms with Crippen LogP contribution in [0.3, 0.4) is 0 Å². The van der Waals surface area contributed by atoms with Crippen LogP contribution in [0.25, 0.3) is 0 Å². The van der Waals surface area contributed by atoms with Crippen molar-refractivity contribution < 1.29 is 24.2 Å². The van der Waals surface area contributed by atoms with Gasteiger partial charge in [-0.2, -0.15) is 0 Å². The minimum absolute atomic E-state index is 0.0231. The number of hydrogen-bond acceptors (Lipinski definition) is 5. The van der Waals surface area contributed by atoms with E-state index in [1.54, 1.807) is 19.1 Å². The van der Waals surface area contributed by atoms with Crippen molar-refractivity contribution in [1.82, 2.24) is 5.32 Å². The highest BCUT2D eigenvalue weighted by molar-refractivity contribution is 6.23. The first-order valence-corrected chi connectivity index (χ1v) is 10.4. The number of hydrogen-bond donors (Lipinski definition) is 2. The van der Waals surface area contributed by atoms with Crippen molar-refractivity contribution >= 4 is 17.5 Å². The zero-order chi connectivity index (χ0) is 22.1. The number of aliphatic hydroxyl groups excluding tert-OH is 1. The molecule has 0 aromatic rings. The molecule has 2 bridgehead atoms. The summed E-state index contributed by atoms with van der Waals surface area (Å²) in [6, 6.07) is 0. The standard InChI is InChI=1S/C24H31NO5/c1-16-10-6-4-8-12-18(26)13-9-5-7-11-17(2)24(29)25-20-15-21(27)23(30-3)19(14-16)22(20)28/h5,7,10-11,15,18,26H,4,6,8-9,12-14H2,1-3H3,(H,25,29)/b7-5+,16-10+,17-11+. The molecular weight excluding hydrogens is 382 g/mol. The number of nitrogens with one attached hydrogen (secondary N) is 1. The molecule has 1 atom stereocenters. The molecule has 0 aromatic carbocycles. The van der Waals surface area contributed by atoms with E-state index in [4.69, 9.17) is 4.74 Å². The highest BCUT2D eigenvalue weighted by Gasteiger charge is 2.30. The largest absolute Gasteiger partial charge is 0.492 e. The second-order valence-electron chi connectivity index (χ2n) is 7.74. The van der Waals surface area contributed by atoms with E-state index in [1.165, 1.54) is 7.11 Å². The number of aliphatic hydroxyl groups is 1. The van der Waals surface area contributed by atoms with Gasteiger partial charge >= 0.3 is 0 Å². The Balaban J connectivity index is 2.30. The molecule has 1 aliphatic carbocycles. The lowest BCUT2D eigenvalue weighted by molar-refractivity contribution is -0.120. The fourth-order valence-corrected chi connectivity index (χ4v) is 3.42. The Hall–Kier alpha value is -2.73. The van der Waals surface area contributed by atoms with Crippen LogP contribution in [-0.4, -0.2) is 35.8 Å². The van der Waals surface area contributed by atoms with E-state index in [9.17, 15) is 19.5 Å². The summed E-state index contributed by atoms with van der Waals surface area (Å²) in [7, 11) is 1.36. The Morgan fingerprint density at radius 1 is 1.10 bits per heavy atom. The van der Waals surface area contributed by atoms with Crippen molar-refractivity contribution in [2.24, 2.45) is 0 Å². The van der Waals surface area contributed by atoms with Gasteiger partial charge in [0.25, 0.3) is 5.91 Å². The lowest BCUT2D eigenvalue weighted by Crippen LogP contribution is -2.33. The van der Waals surface area contributed by atoms with Gasteiger partial charge < -0.3 is 15.2 Å². The van der Waals surface area contributed by atoms with Crippen LogP contribution >= 0.6 is 0 Å². The van der Waals surface area contributed by atoms with Gasteiger partial charge in [-0.3, -0.25) is 14.4 Å². The van der Waals surface area contributed by atoms with Crippen molar-refractivity contribution in [3.05, 3.63) is 58.6 Å². The van der Waals surface area contributed by atoms with Crippen LogP contribution in [0, 0.1) is 0 Å². The number of carbonyl (C=O) groups is 3. The maximum atomic E-state index is 13.0. The molecule has 2 N–H and O–H groups in total. The number of allylic oxidation sites excluding steroid dienone is 7. The molecule has 6 heteroatoms. The van der Waals surface area contributed by atoms with Crippen molar-refractivity contribution in [3.8, 4) is 0 Å².